The number of hydrogen-bond acceptors (Lipinski definition) is 6. The summed E-state index contributed by atoms with van der Waals surface area (Å²) in [6.07, 6.45) is 6.69. The molecule has 31 heavy (non-hydrogen) atoms. The van der Waals surface area contributed by atoms with Crippen LogP contribution >= 0.6 is 11.6 Å². The zero-order chi connectivity index (χ0) is 21.2. The highest BCUT2D eigenvalue weighted by Crippen LogP contribution is 2.25. The molecule has 0 saturated carbocycles. The van der Waals surface area contributed by atoms with Crippen LogP contribution in [0.1, 0.15) is 18.5 Å². The van der Waals surface area contributed by atoms with Gasteiger partial charge in [-0.05, 0) is 30.7 Å². The van der Waals surface area contributed by atoms with Gasteiger partial charge in [-0.1, -0.05) is 48.0 Å². The summed E-state index contributed by atoms with van der Waals surface area (Å²) in [6.45, 7) is 2.08. The number of benzene rings is 2. The minimum absolute atomic E-state index is 0.0809. The van der Waals surface area contributed by atoms with E-state index in [4.69, 9.17) is 11.6 Å². The Morgan fingerprint density at radius 2 is 1.84 bits per heavy atom. The maximum Gasteiger partial charge on any atom is 0.225 e. The van der Waals surface area contributed by atoms with Crippen LogP contribution < -0.4 is 5.32 Å². The lowest BCUT2D eigenvalue weighted by Gasteiger charge is -2.14. The Kier molecular flexibility index (Phi) is 5.01. The van der Waals surface area contributed by atoms with Crippen molar-refractivity contribution in [1.29, 1.82) is 0 Å². The largest absolute Gasteiger partial charge is 0.348 e. The first-order valence-corrected chi connectivity index (χ1v) is 10.1. The molecule has 0 saturated heterocycles. The fourth-order valence-corrected chi connectivity index (χ4v) is 3.55. The number of halogens is 1. The zero-order valence-corrected chi connectivity index (χ0v) is 17.4. The van der Waals surface area contributed by atoms with Crippen LogP contribution in [0.15, 0.2) is 79.5 Å². The third-order valence-corrected chi connectivity index (χ3v) is 5.16. The van der Waals surface area contributed by atoms with Gasteiger partial charge >= 0.3 is 0 Å². The fraction of sp³-hybridized carbons (Fsp3) is 0.0870. The van der Waals surface area contributed by atoms with Crippen LogP contribution in [0.2, 0.25) is 5.15 Å². The van der Waals surface area contributed by atoms with Crippen molar-refractivity contribution in [2.24, 2.45) is 0 Å². The highest BCUT2D eigenvalue weighted by atomic mass is 35.5. The van der Waals surface area contributed by atoms with Gasteiger partial charge in [0.2, 0.25) is 5.95 Å². The molecule has 3 heterocycles. The van der Waals surface area contributed by atoms with Crippen LogP contribution in [0.4, 0.5) is 5.95 Å². The summed E-state index contributed by atoms with van der Waals surface area (Å²) in [6, 6.07) is 18.1. The maximum absolute atomic E-state index is 5.97. The van der Waals surface area contributed by atoms with Gasteiger partial charge in [0, 0.05) is 11.8 Å². The molecule has 0 aliphatic carbocycles. The number of nitrogens with one attached hydrogen (secondary N) is 1. The van der Waals surface area contributed by atoms with Gasteiger partial charge in [-0.15, -0.1) is 0 Å². The number of aromatic nitrogens is 6. The van der Waals surface area contributed by atoms with Crippen LogP contribution in [0.5, 0.6) is 0 Å². The third kappa shape index (κ3) is 3.95. The maximum atomic E-state index is 5.97. The minimum atomic E-state index is 0.0809. The molecule has 2 aromatic carbocycles. The average Bonchev–Trinajstić information content (AvgIpc) is 3.23. The van der Waals surface area contributed by atoms with E-state index in [9.17, 15) is 0 Å². The van der Waals surface area contributed by atoms with E-state index in [0.29, 0.717) is 16.8 Å². The Morgan fingerprint density at radius 3 is 2.68 bits per heavy atom. The molecule has 3 aromatic heterocycles. The van der Waals surface area contributed by atoms with E-state index in [1.807, 2.05) is 47.0 Å². The van der Waals surface area contributed by atoms with E-state index in [0.717, 1.165) is 22.4 Å². The van der Waals surface area contributed by atoms with Gasteiger partial charge in [-0.2, -0.15) is 4.98 Å². The second-order valence-electron chi connectivity index (χ2n) is 7.06. The van der Waals surface area contributed by atoms with Gasteiger partial charge in [0.25, 0.3) is 0 Å². The Bertz CT molecular complexity index is 1350. The third-order valence-electron chi connectivity index (χ3n) is 4.98. The molecular formula is C23H18ClN7. The Balaban J connectivity index is 1.45. The first-order valence-electron chi connectivity index (χ1n) is 9.77. The van der Waals surface area contributed by atoms with Gasteiger partial charge in [-0.3, -0.25) is 9.55 Å². The van der Waals surface area contributed by atoms with Crippen LogP contribution in [0, 0.1) is 0 Å². The molecule has 0 amide bonds. The van der Waals surface area contributed by atoms with Gasteiger partial charge in [0.1, 0.15) is 17.3 Å². The normalized spacial score (nSPS) is 12.1. The summed E-state index contributed by atoms with van der Waals surface area (Å²) in [4.78, 5) is 22.0. The van der Waals surface area contributed by atoms with E-state index >= 15 is 0 Å². The van der Waals surface area contributed by atoms with Crippen molar-refractivity contribution in [2.75, 3.05) is 5.32 Å². The Morgan fingerprint density at radius 1 is 0.968 bits per heavy atom. The molecule has 1 N–H and O–H groups in total. The lowest BCUT2D eigenvalue weighted by molar-refractivity contribution is 0.854. The molecular weight excluding hydrogens is 410 g/mol. The molecule has 1 atom stereocenters. The number of anilines is 1. The van der Waals surface area contributed by atoms with E-state index in [1.54, 1.807) is 18.7 Å². The number of rotatable bonds is 5. The molecule has 0 bridgehead atoms. The van der Waals surface area contributed by atoms with Crippen molar-refractivity contribution in [1.82, 2.24) is 29.5 Å². The number of imidazole rings is 1. The highest BCUT2D eigenvalue weighted by Gasteiger charge is 2.11. The Hall–Kier alpha value is -3.84. The standard InChI is InChI=1S/C23H18ClN7/c1-15(16-5-3-2-4-6-16)28-23-26-10-9-22(30-23)31-14-27-18-11-17(7-8-20(18)31)19-12-25-13-21(24)29-19/h2-15H,1H3,(H,26,28,30). The second kappa shape index (κ2) is 8.12. The molecule has 1 unspecified atom stereocenters. The number of fused-ring (bicyclic) bond motifs is 1. The molecule has 0 spiro atoms. The van der Waals surface area contributed by atoms with Crippen LogP contribution in [-0.4, -0.2) is 29.5 Å². The first kappa shape index (κ1) is 19.1. The van der Waals surface area contributed by atoms with E-state index in [2.05, 4.69) is 49.3 Å². The minimum Gasteiger partial charge on any atom is -0.348 e. The SMILES string of the molecule is CC(Nc1nccc(-n2cnc3cc(-c4cncc(Cl)n4)ccc32)n1)c1ccccc1. The second-order valence-corrected chi connectivity index (χ2v) is 7.45. The summed E-state index contributed by atoms with van der Waals surface area (Å²) in [5, 5.41) is 3.72. The van der Waals surface area contributed by atoms with Crippen molar-refractivity contribution in [3.63, 3.8) is 0 Å². The summed E-state index contributed by atoms with van der Waals surface area (Å²) in [7, 11) is 0. The van der Waals surface area contributed by atoms with Crippen molar-refractivity contribution < 1.29 is 0 Å². The molecule has 5 rings (SSSR count). The molecule has 8 heteroatoms. The zero-order valence-electron chi connectivity index (χ0n) is 16.6. The summed E-state index contributed by atoms with van der Waals surface area (Å²) >= 11 is 5.97. The first-order chi connectivity index (χ1) is 15.2. The number of nitrogens with zero attached hydrogens (tertiary/aromatic N) is 6. The molecule has 0 aliphatic heterocycles. The number of hydrogen-bond donors (Lipinski definition) is 1. The summed E-state index contributed by atoms with van der Waals surface area (Å²) < 4.78 is 1.93. The highest BCUT2D eigenvalue weighted by molar-refractivity contribution is 6.29. The molecule has 152 valence electrons. The lowest BCUT2D eigenvalue weighted by Crippen LogP contribution is -2.10. The van der Waals surface area contributed by atoms with Crippen molar-refractivity contribution in [2.45, 2.75) is 13.0 Å². The van der Waals surface area contributed by atoms with Crippen LogP contribution in [0.25, 0.3) is 28.1 Å². The summed E-state index contributed by atoms with van der Waals surface area (Å²) in [5.41, 5.74) is 4.52. The van der Waals surface area contributed by atoms with Gasteiger partial charge in [-0.25, -0.2) is 15.0 Å². The van der Waals surface area contributed by atoms with Crippen LogP contribution in [0.3, 0.4) is 0 Å². The quantitative estimate of drug-likeness (QED) is 0.420. The average molecular weight is 428 g/mol. The van der Waals surface area contributed by atoms with Crippen molar-refractivity contribution in [3.05, 3.63) is 90.2 Å². The van der Waals surface area contributed by atoms with Crippen molar-refractivity contribution in [3.8, 4) is 17.1 Å². The van der Waals surface area contributed by atoms with E-state index < -0.39 is 0 Å². The molecule has 0 radical (unpaired) electrons. The predicted molar refractivity (Wildman–Crippen MR) is 121 cm³/mol. The smallest absolute Gasteiger partial charge is 0.225 e. The van der Waals surface area contributed by atoms with Gasteiger partial charge < -0.3 is 5.32 Å². The van der Waals surface area contributed by atoms with Gasteiger partial charge in [0.15, 0.2) is 0 Å². The van der Waals surface area contributed by atoms with Gasteiger partial charge in [0.05, 0.1) is 35.2 Å². The molecule has 7 nitrogen and oxygen atoms in total. The topological polar surface area (TPSA) is 81.4 Å². The Labute approximate surface area is 183 Å². The van der Waals surface area contributed by atoms with E-state index in [1.165, 1.54) is 11.8 Å². The van der Waals surface area contributed by atoms with E-state index in [-0.39, 0.29) is 6.04 Å². The monoisotopic (exact) mass is 427 g/mol. The molecule has 5 aromatic rings. The van der Waals surface area contributed by atoms with Crippen molar-refractivity contribution >= 4 is 28.6 Å². The molecule has 0 aliphatic rings. The molecule has 0 fully saturated rings. The predicted octanol–water partition coefficient (Wildman–Crippen LogP) is 5.10. The van der Waals surface area contributed by atoms with Crippen LogP contribution in [-0.2, 0) is 0 Å². The fourth-order valence-electron chi connectivity index (χ4n) is 3.41. The summed E-state index contributed by atoms with van der Waals surface area (Å²) in [5.74, 6) is 1.29. The lowest BCUT2D eigenvalue weighted by atomic mass is 10.1.